The molecule has 1 rings (SSSR count). The molecule has 1 aliphatic carbocycles. The van der Waals surface area contributed by atoms with Crippen molar-refractivity contribution in [2.24, 2.45) is 11.8 Å². The van der Waals surface area contributed by atoms with Crippen molar-refractivity contribution in [2.45, 2.75) is 64.6 Å². The highest BCUT2D eigenvalue weighted by atomic mass is 16.5. The Kier molecular flexibility index (Phi) is 7.85. The SMILES string of the molecule is CCCCCCC=CC1CC(O)C(O)C1C(=O)OCC. The van der Waals surface area contributed by atoms with E-state index >= 15 is 0 Å². The molecule has 0 heterocycles. The number of hydrogen-bond donors (Lipinski definition) is 2. The van der Waals surface area contributed by atoms with Crippen LogP contribution in [0.5, 0.6) is 0 Å². The minimum atomic E-state index is -1.01. The van der Waals surface area contributed by atoms with E-state index in [1.807, 2.05) is 6.08 Å². The number of unbranched alkanes of at least 4 members (excludes halogenated alkanes) is 4. The van der Waals surface area contributed by atoms with Gasteiger partial charge in [-0.3, -0.25) is 4.79 Å². The predicted octanol–water partition coefficient (Wildman–Crippen LogP) is 2.43. The number of ether oxygens (including phenoxy) is 1. The molecule has 2 N–H and O–H groups in total. The van der Waals surface area contributed by atoms with Crippen LogP contribution in [0.2, 0.25) is 0 Å². The van der Waals surface area contributed by atoms with Gasteiger partial charge in [0.25, 0.3) is 0 Å². The van der Waals surface area contributed by atoms with Gasteiger partial charge in [0.15, 0.2) is 0 Å². The smallest absolute Gasteiger partial charge is 0.312 e. The lowest BCUT2D eigenvalue weighted by Crippen LogP contribution is -2.33. The molecule has 0 radical (unpaired) electrons. The average molecular weight is 284 g/mol. The second kappa shape index (κ2) is 9.14. The third kappa shape index (κ3) is 4.91. The second-order valence-corrected chi connectivity index (χ2v) is 5.51. The first-order chi connectivity index (χ1) is 9.61. The Labute approximate surface area is 121 Å². The van der Waals surface area contributed by atoms with Gasteiger partial charge in [-0.25, -0.2) is 0 Å². The Morgan fingerprint density at radius 3 is 2.65 bits per heavy atom. The Hall–Kier alpha value is -0.870. The second-order valence-electron chi connectivity index (χ2n) is 5.51. The average Bonchev–Trinajstić information content (AvgIpc) is 2.69. The molecule has 0 aliphatic heterocycles. The van der Waals surface area contributed by atoms with Gasteiger partial charge in [-0.15, -0.1) is 0 Å². The fraction of sp³-hybridized carbons (Fsp3) is 0.812. The van der Waals surface area contributed by atoms with Crippen LogP contribution in [0.4, 0.5) is 0 Å². The molecule has 116 valence electrons. The van der Waals surface area contributed by atoms with Gasteiger partial charge in [-0.1, -0.05) is 38.3 Å². The zero-order valence-corrected chi connectivity index (χ0v) is 12.6. The quantitative estimate of drug-likeness (QED) is 0.408. The van der Waals surface area contributed by atoms with Crippen LogP contribution in [0.15, 0.2) is 12.2 Å². The summed E-state index contributed by atoms with van der Waals surface area (Å²) >= 11 is 0. The lowest BCUT2D eigenvalue weighted by Gasteiger charge is -2.18. The number of aliphatic hydroxyl groups is 2. The number of aliphatic hydroxyl groups excluding tert-OH is 2. The van der Waals surface area contributed by atoms with Crippen LogP contribution in [0.1, 0.15) is 52.4 Å². The van der Waals surface area contributed by atoms with Crippen molar-refractivity contribution in [1.82, 2.24) is 0 Å². The van der Waals surface area contributed by atoms with Gasteiger partial charge in [-0.05, 0) is 32.1 Å². The molecule has 20 heavy (non-hydrogen) atoms. The molecule has 4 nitrogen and oxygen atoms in total. The van der Waals surface area contributed by atoms with E-state index in [2.05, 4.69) is 13.0 Å². The molecule has 1 aliphatic rings. The van der Waals surface area contributed by atoms with E-state index in [-0.39, 0.29) is 5.92 Å². The van der Waals surface area contributed by atoms with Crippen molar-refractivity contribution >= 4 is 5.97 Å². The molecule has 4 atom stereocenters. The molecular formula is C16H28O4. The summed E-state index contributed by atoms with van der Waals surface area (Å²) in [6, 6.07) is 0. The van der Waals surface area contributed by atoms with Crippen LogP contribution in [0.3, 0.4) is 0 Å². The molecule has 4 heteroatoms. The molecule has 0 amide bonds. The predicted molar refractivity (Wildman–Crippen MR) is 78.1 cm³/mol. The zero-order chi connectivity index (χ0) is 15.0. The number of carbonyl (C=O) groups is 1. The van der Waals surface area contributed by atoms with E-state index in [4.69, 9.17) is 4.74 Å². The first-order valence-electron chi connectivity index (χ1n) is 7.81. The largest absolute Gasteiger partial charge is 0.466 e. The summed E-state index contributed by atoms with van der Waals surface area (Å²) < 4.78 is 4.99. The van der Waals surface area contributed by atoms with E-state index in [9.17, 15) is 15.0 Å². The summed E-state index contributed by atoms with van der Waals surface area (Å²) in [6.45, 7) is 4.22. The molecule has 1 saturated carbocycles. The summed E-state index contributed by atoms with van der Waals surface area (Å²) in [7, 11) is 0. The van der Waals surface area contributed by atoms with Gasteiger partial charge in [-0.2, -0.15) is 0 Å². The van der Waals surface area contributed by atoms with Crippen molar-refractivity contribution in [3.8, 4) is 0 Å². The van der Waals surface area contributed by atoms with Gasteiger partial charge < -0.3 is 14.9 Å². The molecule has 0 spiro atoms. The fourth-order valence-electron chi connectivity index (χ4n) is 2.77. The zero-order valence-electron chi connectivity index (χ0n) is 12.6. The number of esters is 1. The van der Waals surface area contributed by atoms with E-state index in [1.165, 1.54) is 19.3 Å². The van der Waals surface area contributed by atoms with Gasteiger partial charge in [0.1, 0.15) is 0 Å². The molecule has 4 unspecified atom stereocenters. The Balaban J connectivity index is 2.49. The number of hydrogen-bond acceptors (Lipinski definition) is 4. The Bertz CT molecular complexity index is 314. The first kappa shape index (κ1) is 17.2. The van der Waals surface area contributed by atoms with Crippen LogP contribution in [0.25, 0.3) is 0 Å². The molecule has 0 saturated heterocycles. The summed E-state index contributed by atoms with van der Waals surface area (Å²) in [5.74, 6) is -1.15. The van der Waals surface area contributed by atoms with E-state index in [0.717, 1.165) is 12.8 Å². The van der Waals surface area contributed by atoms with Crippen molar-refractivity contribution in [1.29, 1.82) is 0 Å². The van der Waals surface area contributed by atoms with Crippen molar-refractivity contribution in [2.75, 3.05) is 6.61 Å². The standard InChI is InChI=1S/C16H28O4/c1-3-5-6-7-8-9-10-12-11-13(17)15(18)14(12)16(19)20-4-2/h9-10,12-15,17-18H,3-8,11H2,1-2H3. The monoisotopic (exact) mass is 284 g/mol. The number of carbonyl (C=O) groups excluding carboxylic acids is 1. The summed E-state index contributed by atoms with van der Waals surface area (Å²) in [6.07, 6.45) is 8.43. The maximum atomic E-state index is 11.9. The highest BCUT2D eigenvalue weighted by molar-refractivity contribution is 5.74. The third-order valence-corrected chi connectivity index (χ3v) is 3.90. The Morgan fingerprint density at radius 1 is 1.25 bits per heavy atom. The van der Waals surface area contributed by atoms with Gasteiger partial charge >= 0.3 is 5.97 Å². The van der Waals surface area contributed by atoms with Gasteiger partial charge in [0, 0.05) is 0 Å². The highest BCUT2D eigenvalue weighted by Gasteiger charge is 2.45. The van der Waals surface area contributed by atoms with E-state index in [1.54, 1.807) is 6.92 Å². The van der Waals surface area contributed by atoms with E-state index < -0.39 is 24.1 Å². The minimum Gasteiger partial charge on any atom is -0.466 e. The maximum Gasteiger partial charge on any atom is 0.312 e. The maximum absolute atomic E-state index is 11.9. The van der Waals surface area contributed by atoms with Crippen LogP contribution < -0.4 is 0 Å². The van der Waals surface area contributed by atoms with Crippen LogP contribution >= 0.6 is 0 Å². The molecule has 0 aromatic rings. The molecular weight excluding hydrogens is 256 g/mol. The van der Waals surface area contributed by atoms with Crippen LogP contribution in [0, 0.1) is 11.8 Å². The lowest BCUT2D eigenvalue weighted by atomic mass is 9.94. The molecule has 1 fully saturated rings. The van der Waals surface area contributed by atoms with Crippen molar-refractivity contribution in [3.63, 3.8) is 0 Å². The number of allylic oxidation sites excluding steroid dienone is 2. The number of rotatable bonds is 8. The van der Waals surface area contributed by atoms with E-state index in [0.29, 0.717) is 13.0 Å². The topological polar surface area (TPSA) is 66.8 Å². The first-order valence-corrected chi connectivity index (χ1v) is 7.81. The summed E-state index contributed by atoms with van der Waals surface area (Å²) in [4.78, 5) is 11.9. The Morgan fingerprint density at radius 2 is 2.00 bits per heavy atom. The summed E-state index contributed by atoms with van der Waals surface area (Å²) in [5, 5.41) is 19.6. The molecule has 0 bridgehead atoms. The van der Waals surface area contributed by atoms with Gasteiger partial charge in [0.2, 0.25) is 0 Å². The third-order valence-electron chi connectivity index (χ3n) is 3.90. The normalized spacial score (nSPS) is 30.0. The lowest BCUT2D eigenvalue weighted by molar-refractivity contribution is -0.153. The van der Waals surface area contributed by atoms with Gasteiger partial charge in [0.05, 0.1) is 24.7 Å². The van der Waals surface area contributed by atoms with Crippen molar-refractivity contribution in [3.05, 3.63) is 12.2 Å². The minimum absolute atomic E-state index is 0.120. The van der Waals surface area contributed by atoms with Crippen LogP contribution in [-0.4, -0.2) is 35.0 Å². The van der Waals surface area contributed by atoms with Crippen LogP contribution in [-0.2, 0) is 9.53 Å². The molecule has 0 aromatic heterocycles. The fourth-order valence-corrected chi connectivity index (χ4v) is 2.77. The highest BCUT2D eigenvalue weighted by Crippen LogP contribution is 2.34. The summed E-state index contributed by atoms with van der Waals surface area (Å²) in [5.41, 5.74) is 0. The molecule has 0 aromatic carbocycles. The van der Waals surface area contributed by atoms with Crippen molar-refractivity contribution < 1.29 is 19.7 Å².